The third-order valence-electron chi connectivity index (χ3n) is 4.60. The van der Waals surface area contributed by atoms with Crippen molar-refractivity contribution in [3.8, 4) is 5.75 Å². The van der Waals surface area contributed by atoms with Crippen molar-refractivity contribution in [2.75, 3.05) is 17.7 Å². The van der Waals surface area contributed by atoms with Crippen LogP contribution in [-0.2, 0) is 11.0 Å². The van der Waals surface area contributed by atoms with E-state index in [1.807, 2.05) is 0 Å². The van der Waals surface area contributed by atoms with Crippen LogP contribution in [0.1, 0.15) is 22.8 Å². The molecule has 2 N–H and O–H groups in total. The number of amides is 2. The summed E-state index contributed by atoms with van der Waals surface area (Å²) >= 11 is 1.16. The van der Waals surface area contributed by atoms with Gasteiger partial charge in [-0.25, -0.2) is 0 Å². The first-order valence-corrected chi connectivity index (χ1v) is 10.7. The molecule has 0 aliphatic heterocycles. The predicted octanol–water partition coefficient (Wildman–Crippen LogP) is 6.09. The van der Waals surface area contributed by atoms with E-state index in [1.54, 1.807) is 55.5 Å². The topological polar surface area (TPSA) is 67.4 Å². The van der Waals surface area contributed by atoms with Crippen LogP contribution in [0.3, 0.4) is 0 Å². The first-order chi connectivity index (χ1) is 15.7. The first kappa shape index (κ1) is 24.2. The lowest BCUT2D eigenvalue weighted by molar-refractivity contribution is -0.137. The zero-order valence-corrected chi connectivity index (χ0v) is 18.6. The average Bonchev–Trinajstić information content (AvgIpc) is 2.79. The lowest BCUT2D eigenvalue weighted by Gasteiger charge is -2.16. The van der Waals surface area contributed by atoms with E-state index in [2.05, 4.69) is 10.6 Å². The number of methoxy groups -OCH3 is 1. The molecule has 0 saturated carbocycles. The second-order valence-electron chi connectivity index (χ2n) is 7.01. The van der Waals surface area contributed by atoms with Crippen LogP contribution in [0.2, 0.25) is 0 Å². The number of carbonyl (C=O) groups excluding carboxylic acids is 2. The highest BCUT2D eigenvalue weighted by Crippen LogP contribution is 2.35. The van der Waals surface area contributed by atoms with Crippen molar-refractivity contribution in [3.05, 3.63) is 83.9 Å². The highest BCUT2D eigenvalue weighted by molar-refractivity contribution is 8.00. The van der Waals surface area contributed by atoms with Crippen LogP contribution >= 0.6 is 11.8 Å². The van der Waals surface area contributed by atoms with Crippen LogP contribution in [0.5, 0.6) is 5.75 Å². The largest absolute Gasteiger partial charge is 0.497 e. The number of nitrogens with one attached hydrogen (secondary N) is 2. The Labute approximate surface area is 193 Å². The molecular formula is C24H21F3N2O3S. The number of ether oxygens (including phenoxy) is 1. The molecule has 0 aliphatic rings. The smallest absolute Gasteiger partial charge is 0.418 e. The van der Waals surface area contributed by atoms with Gasteiger partial charge in [0, 0.05) is 16.1 Å². The molecular weight excluding hydrogens is 453 g/mol. The SMILES string of the molecule is COc1cccc(C(=O)Nc2cccc(SC(C)C(=O)Nc3ccccc3C(F)(F)F)c2)c1. The number of rotatable bonds is 7. The van der Waals surface area contributed by atoms with Crippen LogP contribution in [0, 0.1) is 0 Å². The minimum Gasteiger partial charge on any atom is -0.497 e. The van der Waals surface area contributed by atoms with Crippen LogP contribution < -0.4 is 15.4 Å². The van der Waals surface area contributed by atoms with E-state index >= 15 is 0 Å². The Morgan fingerprint density at radius 3 is 2.39 bits per heavy atom. The van der Waals surface area contributed by atoms with E-state index in [0.717, 1.165) is 17.8 Å². The van der Waals surface area contributed by atoms with Crippen molar-refractivity contribution >= 4 is 35.0 Å². The van der Waals surface area contributed by atoms with Crippen molar-refractivity contribution in [3.63, 3.8) is 0 Å². The quantitative estimate of drug-likeness (QED) is 0.407. The molecule has 1 unspecified atom stereocenters. The maximum atomic E-state index is 13.2. The first-order valence-electron chi connectivity index (χ1n) is 9.86. The summed E-state index contributed by atoms with van der Waals surface area (Å²) in [6.07, 6.45) is -4.57. The summed E-state index contributed by atoms with van der Waals surface area (Å²) in [7, 11) is 1.51. The zero-order valence-electron chi connectivity index (χ0n) is 17.8. The van der Waals surface area contributed by atoms with Gasteiger partial charge >= 0.3 is 6.18 Å². The van der Waals surface area contributed by atoms with Gasteiger partial charge in [0.2, 0.25) is 5.91 Å². The number of benzene rings is 3. The summed E-state index contributed by atoms with van der Waals surface area (Å²) in [6, 6.07) is 18.4. The Bertz CT molecular complexity index is 1150. The standard InChI is InChI=1S/C24H21F3N2O3S/c1-15(22(30)29-21-12-4-3-11-20(21)24(25,26)27)33-19-10-6-8-17(14-19)28-23(31)16-7-5-9-18(13-16)32-2/h3-15H,1-2H3,(H,28,31)(H,29,30). The maximum absolute atomic E-state index is 13.2. The summed E-state index contributed by atoms with van der Waals surface area (Å²) in [5.41, 5.74) is -0.258. The van der Waals surface area contributed by atoms with Crippen LogP contribution in [0.15, 0.2) is 77.7 Å². The molecule has 2 amide bonds. The van der Waals surface area contributed by atoms with E-state index in [-0.39, 0.29) is 11.6 Å². The normalized spacial score (nSPS) is 12.0. The third kappa shape index (κ3) is 6.52. The van der Waals surface area contributed by atoms with Gasteiger partial charge in [0.15, 0.2) is 0 Å². The average molecular weight is 475 g/mol. The molecule has 0 aliphatic carbocycles. The minimum atomic E-state index is -4.57. The van der Waals surface area contributed by atoms with E-state index in [9.17, 15) is 22.8 Å². The number of anilines is 2. The van der Waals surface area contributed by atoms with Crippen molar-refractivity contribution in [2.45, 2.75) is 23.2 Å². The van der Waals surface area contributed by atoms with Gasteiger partial charge in [-0.2, -0.15) is 13.2 Å². The van der Waals surface area contributed by atoms with E-state index in [0.29, 0.717) is 21.9 Å². The molecule has 3 aromatic carbocycles. The molecule has 33 heavy (non-hydrogen) atoms. The second kappa shape index (κ2) is 10.4. The van der Waals surface area contributed by atoms with Crippen molar-refractivity contribution < 1.29 is 27.5 Å². The molecule has 9 heteroatoms. The third-order valence-corrected chi connectivity index (χ3v) is 5.69. The summed E-state index contributed by atoms with van der Waals surface area (Å²) < 4.78 is 44.6. The van der Waals surface area contributed by atoms with Gasteiger partial charge in [0.1, 0.15) is 5.75 Å². The van der Waals surface area contributed by atoms with Crippen molar-refractivity contribution in [1.82, 2.24) is 0 Å². The van der Waals surface area contributed by atoms with E-state index < -0.39 is 22.9 Å². The summed E-state index contributed by atoms with van der Waals surface area (Å²) in [6.45, 7) is 1.59. The fraction of sp³-hybridized carbons (Fsp3) is 0.167. The van der Waals surface area contributed by atoms with Gasteiger partial charge in [-0.1, -0.05) is 24.3 Å². The highest BCUT2D eigenvalue weighted by Gasteiger charge is 2.33. The Balaban J connectivity index is 1.66. The molecule has 0 saturated heterocycles. The molecule has 0 heterocycles. The number of carbonyl (C=O) groups is 2. The molecule has 3 aromatic rings. The molecule has 0 aromatic heterocycles. The number of alkyl halides is 3. The lowest BCUT2D eigenvalue weighted by Crippen LogP contribution is -2.24. The maximum Gasteiger partial charge on any atom is 0.418 e. The molecule has 5 nitrogen and oxygen atoms in total. The predicted molar refractivity (Wildman–Crippen MR) is 123 cm³/mol. The molecule has 0 spiro atoms. The monoisotopic (exact) mass is 474 g/mol. The number of hydrogen-bond donors (Lipinski definition) is 2. The number of halogens is 3. The van der Waals surface area contributed by atoms with Gasteiger partial charge in [-0.3, -0.25) is 9.59 Å². The highest BCUT2D eigenvalue weighted by atomic mass is 32.2. The molecule has 0 fully saturated rings. The molecule has 3 rings (SSSR count). The van der Waals surface area contributed by atoms with Gasteiger partial charge in [-0.05, 0) is 55.5 Å². The number of para-hydroxylation sites is 1. The number of thioether (sulfide) groups is 1. The minimum absolute atomic E-state index is 0.290. The second-order valence-corrected chi connectivity index (χ2v) is 8.42. The molecule has 172 valence electrons. The Kier molecular flexibility index (Phi) is 7.65. The summed E-state index contributed by atoms with van der Waals surface area (Å²) in [4.78, 5) is 25.7. The van der Waals surface area contributed by atoms with Crippen LogP contribution in [0.4, 0.5) is 24.5 Å². The zero-order chi connectivity index (χ0) is 24.0. The molecule has 1 atom stereocenters. The Hall–Kier alpha value is -3.46. The molecule has 0 bridgehead atoms. The van der Waals surface area contributed by atoms with Crippen LogP contribution in [0.25, 0.3) is 0 Å². The van der Waals surface area contributed by atoms with E-state index in [4.69, 9.17) is 4.74 Å². The molecule has 0 radical (unpaired) electrons. The summed E-state index contributed by atoms with van der Waals surface area (Å²) in [5.74, 6) is -0.341. The van der Waals surface area contributed by atoms with Gasteiger partial charge in [-0.15, -0.1) is 11.8 Å². The van der Waals surface area contributed by atoms with Crippen LogP contribution in [-0.4, -0.2) is 24.2 Å². The van der Waals surface area contributed by atoms with Gasteiger partial charge < -0.3 is 15.4 Å². The lowest BCUT2D eigenvalue weighted by atomic mass is 10.1. The van der Waals surface area contributed by atoms with Crippen molar-refractivity contribution in [2.24, 2.45) is 0 Å². The number of hydrogen-bond acceptors (Lipinski definition) is 4. The fourth-order valence-electron chi connectivity index (χ4n) is 2.95. The summed E-state index contributed by atoms with van der Waals surface area (Å²) in [5, 5.41) is 4.45. The Morgan fingerprint density at radius 1 is 0.939 bits per heavy atom. The van der Waals surface area contributed by atoms with E-state index in [1.165, 1.54) is 25.3 Å². The van der Waals surface area contributed by atoms with Gasteiger partial charge in [0.05, 0.1) is 23.6 Å². The Morgan fingerprint density at radius 2 is 1.67 bits per heavy atom. The van der Waals surface area contributed by atoms with Gasteiger partial charge in [0.25, 0.3) is 5.91 Å². The fourth-order valence-corrected chi connectivity index (χ4v) is 3.87. The van der Waals surface area contributed by atoms with Crippen molar-refractivity contribution in [1.29, 1.82) is 0 Å².